The Morgan fingerprint density at radius 3 is 1.28 bits per heavy atom. The fourth-order valence-corrected chi connectivity index (χ4v) is 9.67. The van der Waals surface area contributed by atoms with Crippen LogP contribution in [-0.2, 0) is 4.75 Å². The molecule has 0 radical (unpaired) electrons. The average molecular weight is 432 g/mol. The third-order valence-electron chi connectivity index (χ3n) is 6.96. The van der Waals surface area contributed by atoms with Crippen molar-refractivity contribution in [3.63, 3.8) is 0 Å². The summed E-state index contributed by atoms with van der Waals surface area (Å²) < 4.78 is -0.300. The van der Waals surface area contributed by atoms with Gasteiger partial charge in [0.15, 0.2) is 0 Å². The lowest BCUT2D eigenvalue weighted by Gasteiger charge is -2.42. The highest BCUT2D eigenvalue weighted by Crippen LogP contribution is 2.68. The molecule has 29 heavy (non-hydrogen) atoms. The van der Waals surface area contributed by atoms with Crippen molar-refractivity contribution in [2.24, 2.45) is 0 Å². The molecule has 0 amide bonds. The van der Waals surface area contributed by atoms with E-state index in [1.54, 1.807) is 0 Å². The third kappa shape index (κ3) is 4.62. The molecule has 0 aromatic heterocycles. The molecule has 0 bridgehead atoms. The molecular formula is C25H40N2PS+. The van der Waals surface area contributed by atoms with Crippen LogP contribution in [0.1, 0.15) is 38.8 Å². The first-order valence-corrected chi connectivity index (χ1v) is 13.7. The summed E-state index contributed by atoms with van der Waals surface area (Å²) in [6.45, 7) is 9.61. The summed E-state index contributed by atoms with van der Waals surface area (Å²) in [5.74, 6) is 0. The molecule has 0 spiro atoms. The van der Waals surface area contributed by atoms with Crippen molar-refractivity contribution in [2.75, 3.05) is 56.5 Å². The maximum atomic E-state index is 5.52. The van der Waals surface area contributed by atoms with Gasteiger partial charge in [0, 0.05) is 46.8 Å². The van der Waals surface area contributed by atoms with Crippen molar-refractivity contribution < 1.29 is 0 Å². The Hall–Kier alpha value is -1.18. The number of nitrogens with zero attached hydrogens (tertiary/aromatic N) is 2. The number of rotatable bonds is 9. The van der Waals surface area contributed by atoms with Gasteiger partial charge in [-0.15, -0.1) is 0 Å². The van der Waals surface area contributed by atoms with Gasteiger partial charge in [0.05, 0.1) is 28.9 Å². The Labute approximate surface area is 185 Å². The Morgan fingerprint density at radius 1 is 0.724 bits per heavy atom. The van der Waals surface area contributed by atoms with Crippen molar-refractivity contribution in [1.29, 1.82) is 0 Å². The van der Waals surface area contributed by atoms with Gasteiger partial charge >= 0.3 is 0 Å². The lowest BCUT2D eigenvalue weighted by Crippen LogP contribution is -2.37. The molecular weight excluding hydrogens is 391 g/mol. The van der Waals surface area contributed by atoms with E-state index in [0.29, 0.717) is 5.66 Å². The van der Waals surface area contributed by atoms with Crippen LogP contribution >= 0.6 is 19.9 Å². The van der Waals surface area contributed by atoms with Crippen LogP contribution in [-0.4, -0.2) is 52.3 Å². The van der Waals surface area contributed by atoms with Crippen LogP contribution in [0.2, 0.25) is 0 Å². The number of thiol groups is 1. The summed E-state index contributed by atoms with van der Waals surface area (Å²) in [4.78, 5) is 4.31. The first-order chi connectivity index (χ1) is 13.7. The summed E-state index contributed by atoms with van der Waals surface area (Å²) >= 11 is 5.52. The summed E-state index contributed by atoms with van der Waals surface area (Å²) in [5, 5.41) is 0. The molecule has 2 aromatic rings. The fourth-order valence-electron chi connectivity index (χ4n) is 4.57. The van der Waals surface area contributed by atoms with Crippen molar-refractivity contribution in [3.05, 3.63) is 59.7 Å². The minimum atomic E-state index is -1.14. The van der Waals surface area contributed by atoms with Crippen LogP contribution in [0.4, 0.5) is 11.4 Å². The van der Waals surface area contributed by atoms with Crippen molar-refractivity contribution in [3.8, 4) is 0 Å². The van der Waals surface area contributed by atoms with E-state index < -0.39 is 7.26 Å². The molecule has 0 saturated carbocycles. The van der Waals surface area contributed by atoms with Gasteiger partial charge in [-0.25, -0.2) is 0 Å². The molecule has 0 heterocycles. The van der Waals surface area contributed by atoms with Crippen LogP contribution in [0.15, 0.2) is 48.5 Å². The van der Waals surface area contributed by atoms with Gasteiger partial charge in [-0.2, -0.15) is 12.6 Å². The van der Waals surface area contributed by atoms with E-state index in [-0.39, 0.29) is 4.75 Å². The predicted octanol–water partition coefficient (Wildman–Crippen LogP) is 6.46. The van der Waals surface area contributed by atoms with Crippen LogP contribution in [0.3, 0.4) is 0 Å². The van der Waals surface area contributed by atoms with E-state index in [1.165, 1.54) is 41.0 Å². The molecule has 0 fully saturated rings. The SMILES string of the molecule is CC[P+](CC)(CC)[C@H](C)C(S)(c1ccc(N(C)C)cc1)c1ccc(N(C)C)cc1. The van der Waals surface area contributed by atoms with Crippen molar-refractivity contribution in [2.45, 2.75) is 38.1 Å². The molecule has 0 unspecified atom stereocenters. The molecule has 160 valence electrons. The Kier molecular flexibility index (Phi) is 8.10. The second kappa shape index (κ2) is 9.75. The molecule has 0 aliphatic rings. The van der Waals surface area contributed by atoms with Crippen molar-refractivity contribution in [1.82, 2.24) is 0 Å². The van der Waals surface area contributed by atoms with E-state index in [2.05, 4.69) is 114 Å². The predicted molar refractivity (Wildman–Crippen MR) is 139 cm³/mol. The average Bonchev–Trinajstić information content (AvgIpc) is 2.74. The molecule has 2 rings (SSSR count). The van der Waals surface area contributed by atoms with Gasteiger partial charge in [0.25, 0.3) is 0 Å². The van der Waals surface area contributed by atoms with Crippen LogP contribution in [0, 0.1) is 0 Å². The second-order valence-corrected chi connectivity index (χ2v) is 14.3. The third-order valence-corrected chi connectivity index (χ3v) is 13.9. The van der Waals surface area contributed by atoms with Gasteiger partial charge in [0.2, 0.25) is 0 Å². The van der Waals surface area contributed by atoms with Gasteiger partial charge in [-0.3, -0.25) is 0 Å². The van der Waals surface area contributed by atoms with E-state index in [4.69, 9.17) is 12.6 Å². The maximum Gasteiger partial charge on any atom is 0.0988 e. The largest absolute Gasteiger partial charge is 0.378 e. The van der Waals surface area contributed by atoms with E-state index in [1.807, 2.05) is 0 Å². The summed E-state index contributed by atoms with van der Waals surface area (Å²) in [5.41, 5.74) is 5.55. The highest BCUT2D eigenvalue weighted by Gasteiger charge is 2.51. The topological polar surface area (TPSA) is 6.48 Å². The first-order valence-electron chi connectivity index (χ1n) is 10.8. The second-order valence-electron chi connectivity index (χ2n) is 8.49. The monoisotopic (exact) mass is 431 g/mol. The minimum absolute atomic E-state index is 0.300. The van der Waals surface area contributed by atoms with Crippen molar-refractivity contribution >= 4 is 31.3 Å². The molecule has 0 N–H and O–H groups in total. The van der Waals surface area contributed by atoms with E-state index >= 15 is 0 Å². The Bertz CT molecular complexity index is 705. The molecule has 2 nitrogen and oxygen atoms in total. The van der Waals surface area contributed by atoms with Crippen LogP contribution < -0.4 is 9.80 Å². The first kappa shape index (κ1) is 24.1. The van der Waals surface area contributed by atoms with Gasteiger partial charge in [-0.05, 0) is 63.1 Å². The zero-order chi connectivity index (χ0) is 21.8. The van der Waals surface area contributed by atoms with E-state index in [9.17, 15) is 0 Å². The van der Waals surface area contributed by atoms with Gasteiger partial charge < -0.3 is 9.80 Å². The Balaban J connectivity index is 2.66. The van der Waals surface area contributed by atoms with E-state index in [0.717, 1.165) is 0 Å². The lowest BCUT2D eigenvalue weighted by atomic mass is 9.87. The fraction of sp³-hybridized carbons (Fsp3) is 0.520. The molecule has 0 saturated heterocycles. The zero-order valence-corrected chi connectivity index (χ0v) is 21.4. The quantitative estimate of drug-likeness (QED) is 0.360. The van der Waals surface area contributed by atoms with Gasteiger partial charge in [-0.1, -0.05) is 24.3 Å². The Morgan fingerprint density at radius 2 is 1.03 bits per heavy atom. The standard InChI is InChI=1S/C25H39N2PS/c1-9-28(10-2,11-3)20(4)25(29,21-12-16-23(17-13-21)26(5)6)22-14-18-24(19-15-22)27(7)8/h12-20H,9-11H2,1-8H3/p+1/t20-/m1/s1. The molecule has 0 aliphatic heterocycles. The molecule has 0 aliphatic carbocycles. The molecule has 2 aromatic carbocycles. The highest BCUT2D eigenvalue weighted by atomic mass is 32.1. The highest BCUT2D eigenvalue weighted by molar-refractivity contribution is 7.84. The van der Waals surface area contributed by atoms with Gasteiger partial charge in [0.1, 0.15) is 0 Å². The molecule has 4 heteroatoms. The van der Waals surface area contributed by atoms with Crippen LogP contribution in [0.25, 0.3) is 0 Å². The number of anilines is 2. The summed E-state index contributed by atoms with van der Waals surface area (Å²) in [6, 6.07) is 18.1. The normalized spacial score (nSPS) is 13.3. The maximum absolute atomic E-state index is 5.52. The number of hydrogen-bond donors (Lipinski definition) is 1. The number of hydrogen-bond acceptors (Lipinski definition) is 3. The minimum Gasteiger partial charge on any atom is -0.378 e. The smallest absolute Gasteiger partial charge is 0.0988 e. The zero-order valence-electron chi connectivity index (χ0n) is 19.6. The molecule has 1 atom stereocenters. The number of benzene rings is 2. The summed E-state index contributed by atoms with van der Waals surface area (Å²) in [7, 11) is 7.22. The lowest BCUT2D eigenvalue weighted by molar-refractivity contribution is 0.713. The van der Waals surface area contributed by atoms with Crippen LogP contribution in [0.5, 0.6) is 0 Å². The summed E-state index contributed by atoms with van der Waals surface area (Å²) in [6.07, 6.45) is 3.82.